The maximum atomic E-state index is 13.0. The van der Waals surface area contributed by atoms with Gasteiger partial charge in [0, 0.05) is 88.2 Å². The molecule has 43 nitrogen and oxygen atoms in total. The smallest absolute Gasteiger partial charge is 0.319 e. The van der Waals surface area contributed by atoms with Gasteiger partial charge in [-0.15, -0.1) is 0 Å². The minimum absolute atomic E-state index is 0.0179. The molecule has 14 N–H and O–H groups in total. The first-order valence-electron chi connectivity index (χ1n) is 47.7. The molecule has 0 bridgehead atoms. The van der Waals surface area contributed by atoms with Crippen LogP contribution in [0, 0.1) is 0 Å². The van der Waals surface area contributed by atoms with Crippen LogP contribution >= 0.6 is 0 Å². The molecule has 5 fully saturated rings. The number of fused-ring (bicyclic) bond motifs is 5. The lowest BCUT2D eigenvalue weighted by molar-refractivity contribution is -0.137. The number of rotatable bonds is 26. The van der Waals surface area contributed by atoms with Crippen LogP contribution in [0.1, 0.15) is 244 Å². The third-order valence-electron chi connectivity index (χ3n) is 25.7. The average Bonchev–Trinajstić information content (AvgIpc) is 1.62. The second-order valence-electron chi connectivity index (χ2n) is 35.5. The summed E-state index contributed by atoms with van der Waals surface area (Å²) in [6, 6.07) is 53.6. The van der Waals surface area contributed by atoms with E-state index < -0.39 is 160 Å². The molecule has 762 valence electrons. The van der Waals surface area contributed by atoms with Crippen molar-refractivity contribution in [2.45, 2.75) is 166 Å². The molecule has 10 heterocycles. The van der Waals surface area contributed by atoms with Crippen molar-refractivity contribution in [3.63, 3.8) is 0 Å². The molecule has 5 atom stereocenters. The van der Waals surface area contributed by atoms with Crippen LogP contribution in [0.2, 0.25) is 0 Å². The SMILES string of the molecule is NCCCCCCC(=O)NCc1cccc2c1C(=O)N(C1CCC(=O)NC1=O)C2=O.O=C(Cc1ccccc1)NCc1cccc2c1C(=O)N(C1CCC(=O)NC1=O)C2=O.O=C1CCC(N2C(=O)c3cccc(CNC(=O)Nc4ccccc4)c3C2=O)C(=O)N1.O=C1CCC(N2C(=O)c3cccc(CNC(=O)Nc4ccccc4)c3C2=O)C(=O)N1.O=C1CCC(N2C(=O)c3cccc(CNC(=O)c4ccccc4)c3C2=O)C(=O)N1. The lowest BCUT2D eigenvalue weighted by Crippen LogP contribution is -2.54. The number of carbonyl (C=O) groups excluding carboxylic acids is 25. The molecular formula is C106H98N18O25. The fraction of sp³-hybridized carbons (Fsp3) is 0.255. The summed E-state index contributed by atoms with van der Waals surface area (Å²) in [5.74, 6) is -11.9. The third kappa shape index (κ3) is 23.9. The number of piperidine rings is 5. The monoisotopic (exact) mass is 2020 g/mol. The predicted octanol–water partition coefficient (Wildman–Crippen LogP) is 5.40. The van der Waals surface area contributed by atoms with Crippen molar-refractivity contribution in [3.8, 4) is 0 Å². The van der Waals surface area contributed by atoms with Gasteiger partial charge in [-0.3, -0.25) is 161 Å². The molecule has 19 rings (SSSR count). The number of nitrogens with one attached hydrogen (secondary N) is 12. The first-order chi connectivity index (χ1) is 71.8. The van der Waals surface area contributed by atoms with Gasteiger partial charge in [-0.25, -0.2) is 9.59 Å². The summed E-state index contributed by atoms with van der Waals surface area (Å²) < 4.78 is 0. The van der Waals surface area contributed by atoms with E-state index in [1.54, 1.807) is 140 Å². The lowest BCUT2D eigenvalue weighted by Gasteiger charge is -2.27. The molecule has 149 heavy (non-hydrogen) atoms. The Morgan fingerprint density at radius 1 is 0.268 bits per heavy atom. The number of unbranched alkanes of at least 4 members (excludes halogenated alkanes) is 3. The minimum Gasteiger partial charge on any atom is -0.352 e. The Morgan fingerprint density at radius 3 is 0.805 bits per heavy atom. The number of nitrogens with two attached hydrogens (primary N) is 1. The number of urea groups is 2. The van der Waals surface area contributed by atoms with E-state index in [0.717, 1.165) is 55.7 Å². The fourth-order valence-corrected chi connectivity index (χ4v) is 18.4. The Kier molecular flexibility index (Phi) is 33.1. The highest BCUT2D eigenvalue weighted by Gasteiger charge is 2.52. The molecular weight excluding hydrogens is 1930 g/mol. The predicted molar refractivity (Wildman–Crippen MR) is 524 cm³/mol. The first-order valence-corrected chi connectivity index (χ1v) is 47.7. The second kappa shape index (κ2) is 47.2. The minimum atomic E-state index is -1.03. The van der Waals surface area contributed by atoms with Gasteiger partial charge < -0.3 is 43.0 Å². The van der Waals surface area contributed by atoms with Gasteiger partial charge in [-0.1, -0.05) is 158 Å². The zero-order valence-electron chi connectivity index (χ0n) is 79.7. The molecule has 43 heteroatoms. The van der Waals surface area contributed by atoms with Crippen molar-refractivity contribution in [1.82, 2.24) is 77.7 Å². The molecule has 9 aromatic carbocycles. The zero-order valence-corrected chi connectivity index (χ0v) is 79.7. The van der Waals surface area contributed by atoms with Gasteiger partial charge in [0.15, 0.2) is 0 Å². The van der Waals surface area contributed by atoms with Crippen LogP contribution in [0.4, 0.5) is 21.0 Å². The van der Waals surface area contributed by atoms with Gasteiger partial charge in [-0.05, 0) is 152 Å². The summed E-state index contributed by atoms with van der Waals surface area (Å²) in [5.41, 5.74) is 12.3. The number of benzene rings is 9. The summed E-state index contributed by atoms with van der Waals surface area (Å²) in [7, 11) is 0. The van der Waals surface area contributed by atoms with Crippen LogP contribution in [0.25, 0.3) is 0 Å². The summed E-state index contributed by atoms with van der Waals surface area (Å²) in [6.07, 6.45) is 4.97. The molecule has 0 spiro atoms. The molecule has 10 aliphatic rings. The molecule has 0 saturated carbocycles. The summed E-state index contributed by atoms with van der Waals surface area (Å²) in [4.78, 5) is 312. The Labute approximate surface area is 848 Å². The Bertz CT molecular complexity index is 6630. The molecule has 0 aliphatic carbocycles. The lowest BCUT2D eigenvalue weighted by atomic mass is 10.0. The highest BCUT2D eigenvalue weighted by molar-refractivity contribution is 6.28. The van der Waals surface area contributed by atoms with Gasteiger partial charge in [0.2, 0.25) is 70.9 Å². The number of anilines is 2. The topological polar surface area (TPSA) is 613 Å². The number of carbonyl (C=O) groups is 25. The van der Waals surface area contributed by atoms with Gasteiger partial charge >= 0.3 is 12.1 Å². The third-order valence-corrected chi connectivity index (χ3v) is 25.7. The summed E-state index contributed by atoms with van der Waals surface area (Å²) in [5, 5.41) is 29.8. The van der Waals surface area contributed by atoms with Crippen LogP contribution in [-0.2, 0) is 96.7 Å². The molecule has 9 aromatic rings. The van der Waals surface area contributed by atoms with Crippen molar-refractivity contribution in [1.29, 1.82) is 0 Å². The maximum absolute atomic E-state index is 13.0. The van der Waals surface area contributed by atoms with Gasteiger partial charge in [0.05, 0.1) is 62.1 Å². The number of hydrogen-bond acceptors (Lipinski definition) is 26. The first kappa shape index (κ1) is 105. The van der Waals surface area contributed by atoms with Crippen molar-refractivity contribution < 1.29 is 120 Å². The van der Waals surface area contributed by atoms with Crippen LogP contribution in [0.3, 0.4) is 0 Å². The van der Waals surface area contributed by atoms with E-state index in [1.165, 1.54) is 30.3 Å². The van der Waals surface area contributed by atoms with Crippen molar-refractivity contribution in [2.75, 3.05) is 17.2 Å². The molecule has 0 radical (unpaired) electrons. The average molecular weight is 2020 g/mol. The maximum Gasteiger partial charge on any atom is 0.319 e. The Balaban J connectivity index is 0.000000139. The molecule has 5 unspecified atom stereocenters. The highest BCUT2D eigenvalue weighted by atomic mass is 16.2. The van der Waals surface area contributed by atoms with E-state index in [0.29, 0.717) is 57.7 Å². The molecule has 5 saturated heterocycles. The second-order valence-corrected chi connectivity index (χ2v) is 35.5. The summed E-state index contributed by atoms with van der Waals surface area (Å²) in [6.45, 7) is 0.936. The van der Waals surface area contributed by atoms with E-state index in [-0.39, 0.29) is 177 Å². The van der Waals surface area contributed by atoms with E-state index in [4.69, 9.17) is 5.73 Å². The number of amides is 27. The zero-order chi connectivity index (χ0) is 106. The van der Waals surface area contributed by atoms with Gasteiger partial charge in [0.25, 0.3) is 65.0 Å². The number of nitrogens with zero attached hydrogens (tertiary/aromatic N) is 5. The molecule has 10 aliphatic heterocycles. The van der Waals surface area contributed by atoms with Crippen molar-refractivity contribution >= 4 is 159 Å². The number of hydrogen-bond donors (Lipinski definition) is 13. The van der Waals surface area contributed by atoms with Gasteiger partial charge in [-0.2, -0.15) is 0 Å². The van der Waals surface area contributed by atoms with E-state index >= 15 is 0 Å². The normalized spacial score (nSPS) is 18.3. The highest BCUT2D eigenvalue weighted by Crippen LogP contribution is 2.37. The van der Waals surface area contributed by atoms with Crippen molar-refractivity contribution in [3.05, 3.63) is 307 Å². The largest absolute Gasteiger partial charge is 0.352 e. The van der Waals surface area contributed by atoms with Crippen LogP contribution in [0.5, 0.6) is 0 Å². The molecule has 0 aromatic heterocycles. The Morgan fingerprint density at radius 2 is 0.523 bits per heavy atom. The van der Waals surface area contributed by atoms with Crippen LogP contribution in [-0.4, -0.2) is 209 Å². The number of imide groups is 10. The standard InChI is InChI=1S/C22H19N3O5.2C21H18N4O5.C21H26N4O5.C21H17N3O5/c26-17-10-9-16(20(28)24-17)25-21(29)15-8-4-7-14(19(15)22(25)30)12-23-18(27)11-13-5-2-1-3-6-13;2*26-16-10-9-15(18(27)24-16)25-19(28)14-8-4-5-12(17(14)20(25)29)11-22-21(30)23-13-6-2-1-3-7-13;22-11-4-2-1-3-8-16(26)23-12-13-6-5-7-14-18(13)21(30)25(20(14)29)15-9-10-17(27)24-19(15)28;25-16-10-9-15(19(27)23-16)24-20(28)14-8-4-7-13(17(14)21(24)29)11-22-18(26)12-5-2-1-3-6-12/h1-8,16H,9-12H2,(H,23,27)(H,24,26,28);2*1-8,15H,9-11H2,(H2,22,23,30)(H,24,26,27);5-7,15H,1-4,8-12,22H2,(H,23,26)(H,24,27,28);1-8,15H,9-11H2,(H,22,26)(H,23,25,27). The quantitative estimate of drug-likeness (QED) is 0.0238. The van der Waals surface area contributed by atoms with Crippen LogP contribution in [0.15, 0.2) is 212 Å². The summed E-state index contributed by atoms with van der Waals surface area (Å²) >= 11 is 0. The fourth-order valence-electron chi connectivity index (χ4n) is 18.4. The van der Waals surface area contributed by atoms with E-state index in [9.17, 15) is 120 Å². The molecule has 27 amide bonds. The number of para-hydroxylation sites is 2. The van der Waals surface area contributed by atoms with Crippen molar-refractivity contribution in [2.24, 2.45) is 5.73 Å². The van der Waals surface area contributed by atoms with E-state index in [1.807, 2.05) is 42.5 Å². The van der Waals surface area contributed by atoms with Gasteiger partial charge in [0.1, 0.15) is 30.2 Å². The Hall–Kier alpha value is -18.7. The van der Waals surface area contributed by atoms with E-state index in [2.05, 4.69) is 63.8 Å². The van der Waals surface area contributed by atoms with Crippen LogP contribution < -0.4 is 69.5 Å².